The number of hydrogen-bond donors (Lipinski definition) is 2. The number of carbonyl (C=O) groups is 2. The highest BCUT2D eigenvalue weighted by atomic mass is 16.2. The number of aromatic amines is 1. The average Bonchev–Trinajstić information content (AvgIpc) is 3.06. The highest BCUT2D eigenvalue weighted by Crippen LogP contribution is 2.28. The smallest absolute Gasteiger partial charge is 0.267 e. The summed E-state index contributed by atoms with van der Waals surface area (Å²) in [5.41, 5.74) is 9.81. The minimum absolute atomic E-state index is 0.0875. The molecule has 7 nitrogen and oxygen atoms in total. The molecule has 1 saturated heterocycles. The Labute approximate surface area is 156 Å². The van der Waals surface area contributed by atoms with Gasteiger partial charge in [-0.15, -0.1) is 0 Å². The number of rotatable bonds is 4. The lowest BCUT2D eigenvalue weighted by Gasteiger charge is -2.23. The summed E-state index contributed by atoms with van der Waals surface area (Å²) in [5.74, 6) is -0.571. The zero-order valence-electron chi connectivity index (χ0n) is 15.0. The number of H-pyrrole nitrogens is 1. The maximum absolute atomic E-state index is 12.3. The standard InChI is InChI=1S/C20H22N4O3/c21-19(26)17-8-9-18(25)24(17)13-5-3-4-12(10-13)11-16-14-6-1-2-7-15(14)20(27)23-22-16/h3-5,10,17H,1-2,6-9,11H2,(H2,21,26)(H,23,27)/t17-/m1/s1. The number of anilines is 1. The summed E-state index contributed by atoms with van der Waals surface area (Å²) in [7, 11) is 0. The minimum atomic E-state index is -0.591. The van der Waals surface area contributed by atoms with E-state index in [1.54, 1.807) is 0 Å². The molecule has 1 aromatic carbocycles. The number of primary amides is 1. The first-order valence-corrected chi connectivity index (χ1v) is 9.34. The van der Waals surface area contributed by atoms with E-state index in [1.807, 2.05) is 24.3 Å². The summed E-state index contributed by atoms with van der Waals surface area (Å²) in [5, 5.41) is 6.90. The van der Waals surface area contributed by atoms with Crippen LogP contribution in [0.4, 0.5) is 5.69 Å². The SMILES string of the molecule is NC(=O)[C@H]1CCC(=O)N1c1cccc(Cc2n[nH]c(=O)c3c2CCCC3)c1. The Morgan fingerprint density at radius 1 is 1.19 bits per heavy atom. The van der Waals surface area contributed by atoms with Gasteiger partial charge in [-0.1, -0.05) is 12.1 Å². The predicted octanol–water partition coefficient (Wildman–Crippen LogP) is 1.22. The summed E-state index contributed by atoms with van der Waals surface area (Å²) in [6.45, 7) is 0. The second kappa shape index (κ2) is 6.98. The second-order valence-electron chi connectivity index (χ2n) is 7.23. The molecule has 0 spiro atoms. The van der Waals surface area contributed by atoms with Crippen LogP contribution in [-0.2, 0) is 28.9 Å². The molecule has 0 unspecified atom stereocenters. The molecule has 3 N–H and O–H groups in total. The quantitative estimate of drug-likeness (QED) is 0.848. The number of carbonyl (C=O) groups excluding carboxylic acids is 2. The molecule has 1 aliphatic heterocycles. The first kappa shape index (κ1) is 17.5. The molecule has 4 rings (SSSR count). The van der Waals surface area contributed by atoms with Crippen molar-refractivity contribution in [2.45, 2.75) is 51.0 Å². The lowest BCUT2D eigenvalue weighted by Crippen LogP contribution is -2.42. The molecular formula is C20H22N4O3. The maximum Gasteiger partial charge on any atom is 0.267 e. The monoisotopic (exact) mass is 366 g/mol. The number of fused-ring (bicyclic) bond motifs is 1. The van der Waals surface area contributed by atoms with E-state index in [4.69, 9.17) is 5.73 Å². The van der Waals surface area contributed by atoms with Crippen LogP contribution in [0.1, 0.15) is 48.1 Å². The largest absolute Gasteiger partial charge is 0.368 e. The average molecular weight is 366 g/mol. The van der Waals surface area contributed by atoms with Gasteiger partial charge in [-0.3, -0.25) is 19.3 Å². The predicted molar refractivity (Wildman–Crippen MR) is 100 cm³/mol. The molecule has 2 amide bonds. The van der Waals surface area contributed by atoms with E-state index in [1.165, 1.54) is 4.90 Å². The second-order valence-corrected chi connectivity index (χ2v) is 7.23. The molecule has 140 valence electrons. The van der Waals surface area contributed by atoms with Gasteiger partial charge in [0.25, 0.3) is 5.56 Å². The van der Waals surface area contributed by atoms with Gasteiger partial charge in [0.15, 0.2) is 0 Å². The van der Waals surface area contributed by atoms with Crippen LogP contribution in [0.25, 0.3) is 0 Å². The Hall–Kier alpha value is -2.96. The number of hydrogen-bond acceptors (Lipinski definition) is 4. The molecule has 27 heavy (non-hydrogen) atoms. The third-order valence-electron chi connectivity index (χ3n) is 5.48. The van der Waals surface area contributed by atoms with Crippen molar-refractivity contribution >= 4 is 17.5 Å². The third kappa shape index (κ3) is 3.25. The minimum Gasteiger partial charge on any atom is -0.368 e. The number of benzene rings is 1. The molecule has 2 heterocycles. The Balaban J connectivity index is 1.65. The van der Waals surface area contributed by atoms with Crippen LogP contribution in [0.2, 0.25) is 0 Å². The van der Waals surface area contributed by atoms with Gasteiger partial charge < -0.3 is 5.73 Å². The number of nitrogens with zero attached hydrogens (tertiary/aromatic N) is 2. The van der Waals surface area contributed by atoms with Gasteiger partial charge in [0.05, 0.1) is 5.69 Å². The fourth-order valence-electron chi connectivity index (χ4n) is 4.16. The summed E-state index contributed by atoms with van der Waals surface area (Å²) in [4.78, 5) is 37.5. The van der Waals surface area contributed by atoms with E-state index in [2.05, 4.69) is 10.2 Å². The lowest BCUT2D eigenvalue weighted by molar-refractivity contribution is -0.121. The van der Waals surface area contributed by atoms with Gasteiger partial charge in [0, 0.05) is 24.1 Å². The molecule has 7 heteroatoms. The molecule has 0 saturated carbocycles. The van der Waals surface area contributed by atoms with Crippen LogP contribution in [-0.4, -0.2) is 28.1 Å². The third-order valence-corrected chi connectivity index (χ3v) is 5.48. The van der Waals surface area contributed by atoms with E-state index < -0.39 is 11.9 Å². The van der Waals surface area contributed by atoms with Gasteiger partial charge in [-0.25, -0.2) is 5.10 Å². The molecule has 2 aromatic rings. The summed E-state index contributed by atoms with van der Waals surface area (Å²) in [6.07, 6.45) is 5.10. The Bertz CT molecular complexity index is 966. The molecular weight excluding hydrogens is 344 g/mol. The van der Waals surface area contributed by atoms with Gasteiger partial charge in [0.1, 0.15) is 6.04 Å². The summed E-state index contributed by atoms with van der Waals surface area (Å²) >= 11 is 0. The number of amides is 2. The zero-order chi connectivity index (χ0) is 19.0. The molecule has 1 aromatic heterocycles. The van der Waals surface area contributed by atoms with Gasteiger partial charge >= 0.3 is 0 Å². The Morgan fingerprint density at radius 2 is 1.96 bits per heavy atom. The van der Waals surface area contributed by atoms with Crippen LogP contribution in [0, 0.1) is 0 Å². The van der Waals surface area contributed by atoms with Crippen molar-refractivity contribution in [3.8, 4) is 0 Å². The van der Waals surface area contributed by atoms with Crippen LogP contribution < -0.4 is 16.2 Å². The fraction of sp³-hybridized carbons (Fsp3) is 0.400. The molecule has 1 fully saturated rings. The number of nitrogens with one attached hydrogen (secondary N) is 1. The van der Waals surface area contributed by atoms with Gasteiger partial charge in [0.2, 0.25) is 11.8 Å². The Morgan fingerprint density at radius 3 is 2.74 bits per heavy atom. The summed E-state index contributed by atoms with van der Waals surface area (Å²) in [6, 6.07) is 6.96. The molecule has 1 aliphatic carbocycles. The molecule has 2 aliphatic rings. The zero-order valence-corrected chi connectivity index (χ0v) is 15.0. The number of nitrogens with two attached hydrogens (primary N) is 1. The highest BCUT2D eigenvalue weighted by Gasteiger charge is 2.35. The van der Waals surface area contributed by atoms with E-state index in [-0.39, 0.29) is 11.5 Å². The first-order valence-electron chi connectivity index (χ1n) is 9.34. The van der Waals surface area contributed by atoms with Gasteiger partial charge in [-0.05, 0) is 55.4 Å². The van der Waals surface area contributed by atoms with E-state index in [9.17, 15) is 14.4 Å². The van der Waals surface area contributed by atoms with Crippen LogP contribution in [0.15, 0.2) is 29.1 Å². The first-order chi connectivity index (χ1) is 13.0. The molecule has 0 radical (unpaired) electrons. The Kier molecular flexibility index (Phi) is 4.51. The molecule has 0 bridgehead atoms. The van der Waals surface area contributed by atoms with Crippen LogP contribution in [0.3, 0.4) is 0 Å². The van der Waals surface area contributed by atoms with E-state index in [0.29, 0.717) is 24.9 Å². The van der Waals surface area contributed by atoms with Crippen molar-refractivity contribution in [2.75, 3.05) is 4.90 Å². The van der Waals surface area contributed by atoms with Crippen molar-refractivity contribution in [2.24, 2.45) is 5.73 Å². The molecule has 1 atom stereocenters. The van der Waals surface area contributed by atoms with Crippen molar-refractivity contribution in [1.82, 2.24) is 10.2 Å². The maximum atomic E-state index is 12.3. The lowest BCUT2D eigenvalue weighted by atomic mass is 9.90. The van der Waals surface area contributed by atoms with Crippen LogP contribution >= 0.6 is 0 Å². The summed E-state index contributed by atoms with van der Waals surface area (Å²) < 4.78 is 0. The van der Waals surface area contributed by atoms with Crippen molar-refractivity contribution in [3.05, 3.63) is 57.0 Å². The normalized spacial score (nSPS) is 19.2. The van der Waals surface area contributed by atoms with E-state index >= 15 is 0 Å². The fourth-order valence-corrected chi connectivity index (χ4v) is 4.16. The highest BCUT2D eigenvalue weighted by molar-refractivity contribution is 6.03. The van der Waals surface area contributed by atoms with Gasteiger partial charge in [-0.2, -0.15) is 5.10 Å². The van der Waals surface area contributed by atoms with Crippen molar-refractivity contribution in [3.63, 3.8) is 0 Å². The van der Waals surface area contributed by atoms with Crippen molar-refractivity contribution < 1.29 is 9.59 Å². The van der Waals surface area contributed by atoms with Crippen LogP contribution in [0.5, 0.6) is 0 Å². The number of aromatic nitrogens is 2. The van der Waals surface area contributed by atoms with Crippen molar-refractivity contribution in [1.29, 1.82) is 0 Å². The van der Waals surface area contributed by atoms with E-state index in [0.717, 1.165) is 48.1 Å². The topological polar surface area (TPSA) is 109 Å².